The van der Waals surface area contributed by atoms with E-state index in [4.69, 9.17) is 0 Å². The van der Waals surface area contributed by atoms with Crippen LogP contribution in [0.25, 0.3) is 0 Å². The van der Waals surface area contributed by atoms with Gasteiger partial charge in [0.1, 0.15) is 0 Å². The van der Waals surface area contributed by atoms with E-state index in [1.807, 2.05) is 0 Å². The molecule has 2 aliphatic carbocycles. The smallest absolute Gasteiger partial charge is 0.0175 e. The number of fused-ring (bicyclic) bond motifs is 2. The van der Waals surface area contributed by atoms with Crippen molar-refractivity contribution in [3.05, 3.63) is 0 Å². The van der Waals surface area contributed by atoms with Crippen LogP contribution in [0.3, 0.4) is 0 Å². The maximum Gasteiger partial charge on any atom is 0.0175 e. The van der Waals surface area contributed by atoms with Crippen molar-refractivity contribution in [3.63, 3.8) is 0 Å². The van der Waals surface area contributed by atoms with Crippen molar-refractivity contribution in [2.75, 3.05) is 6.54 Å². The van der Waals surface area contributed by atoms with Crippen molar-refractivity contribution in [1.29, 1.82) is 0 Å². The summed E-state index contributed by atoms with van der Waals surface area (Å²) in [6.07, 6.45) is 9.89. The van der Waals surface area contributed by atoms with Gasteiger partial charge in [0.05, 0.1) is 0 Å². The summed E-state index contributed by atoms with van der Waals surface area (Å²) in [5.74, 6) is 0.973. The Hall–Kier alpha value is -0.0400. The summed E-state index contributed by atoms with van der Waals surface area (Å²) < 4.78 is 0. The summed E-state index contributed by atoms with van der Waals surface area (Å²) in [7, 11) is 0. The highest BCUT2D eigenvalue weighted by molar-refractivity contribution is 5.11. The monoisotopic (exact) mass is 237 g/mol. The zero-order valence-corrected chi connectivity index (χ0v) is 12.3. The Morgan fingerprint density at radius 3 is 2.47 bits per heavy atom. The molecule has 0 aromatic heterocycles. The molecule has 0 aromatic carbocycles. The molecule has 3 atom stereocenters. The van der Waals surface area contributed by atoms with Crippen molar-refractivity contribution in [2.45, 2.75) is 78.7 Å². The van der Waals surface area contributed by atoms with Crippen LogP contribution in [0.15, 0.2) is 0 Å². The Labute approximate surface area is 108 Å². The zero-order chi connectivity index (χ0) is 12.5. The van der Waals surface area contributed by atoms with Crippen LogP contribution in [0.1, 0.15) is 72.6 Å². The molecule has 0 aliphatic heterocycles. The van der Waals surface area contributed by atoms with Gasteiger partial charge in [0.15, 0.2) is 0 Å². The molecule has 1 unspecified atom stereocenters. The fourth-order valence-corrected chi connectivity index (χ4v) is 4.61. The Morgan fingerprint density at radius 2 is 1.88 bits per heavy atom. The van der Waals surface area contributed by atoms with Crippen LogP contribution in [-0.2, 0) is 0 Å². The van der Waals surface area contributed by atoms with Crippen LogP contribution in [0.2, 0.25) is 0 Å². The molecule has 0 saturated heterocycles. The number of rotatable bonds is 6. The molecule has 0 aromatic rings. The predicted molar refractivity (Wildman–Crippen MR) is 75.2 cm³/mol. The van der Waals surface area contributed by atoms with Crippen LogP contribution >= 0.6 is 0 Å². The molecule has 1 N–H and O–H groups in total. The van der Waals surface area contributed by atoms with Crippen LogP contribution in [0, 0.1) is 16.7 Å². The minimum Gasteiger partial charge on any atom is -0.313 e. The Kier molecular flexibility index (Phi) is 3.87. The van der Waals surface area contributed by atoms with E-state index in [1.54, 1.807) is 0 Å². The standard InChI is InChI=1S/C16H31N/c1-5-6-7-8-11-17-14-15(2,3)13-9-10-16(14,4)12-13/h13-14,17H,5-12H2,1-4H3/t13-,14?,16+/m0/s1. The predicted octanol–water partition coefficient (Wildman–Crippen LogP) is 4.37. The molecule has 2 fully saturated rings. The first-order chi connectivity index (χ1) is 8.00. The van der Waals surface area contributed by atoms with Gasteiger partial charge in [0, 0.05) is 6.04 Å². The highest BCUT2D eigenvalue weighted by atomic mass is 15.0. The molecule has 17 heavy (non-hydrogen) atoms. The van der Waals surface area contributed by atoms with Gasteiger partial charge in [-0.05, 0) is 49.0 Å². The fraction of sp³-hybridized carbons (Fsp3) is 1.00. The Balaban J connectivity index is 1.83. The Morgan fingerprint density at radius 1 is 1.12 bits per heavy atom. The van der Waals surface area contributed by atoms with Crippen molar-refractivity contribution >= 4 is 0 Å². The number of hydrogen-bond donors (Lipinski definition) is 1. The van der Waals surface area contributed by atoms with E-state index < -0.39 is 0 Å². The van der Waals surface area contributed by atoms with Gasteiger partial charge in [0.2, 0.25) is 0 Å². The first-order valence-electron chi connectivity index (χ1n) is 7.74. The SMILES string of the molecule is CCCCCCNC1C(C)(C)[C@H]2CC[C@]1(C)C2. The lowest BCUT2D eigenvalue weighted by Crippen LogP contribution is -2.50. The summed E-state index contributed by atoms with van der Waals surface area (Å²) >= 11 is 0. The molecule has 0 amide bonds. The average molecular weight is 237 g/mol. The molecule has 100 valence electrons. The van der Waals surface area contributed by atoms with E-state index >= 15 is 0 Å². The minimum absolute atomic E-state index is 0.526. The van der Waals surface area contributed by atoms with E-state index in [0.717, 1.165) is 12.0 Å². The second-order valence-corrected chi connectivity index (χ2v) is 7.36. The molecular weight excluding hydrogens is 206 g/mol. The maximum atomic E-state index is 3.90. The first-order valence-corrected chi connectivity index (χ1v) is 7.74. The lowest BCUT2D eigenvalue weighted by Gasteiger charge is -2.43. The van der Waals surface area contributed by atoms with Crippen molar-refractivity contribution in [1.82, 2.24) is 5.32 Å². The molecule has 2 saturated carbocycles. The topological polar surface area (TPSA) is 12.0 Å². The van der Waals surface area contributed by atoms with Gasteiger partial charge < -0.3 is 5.32 Å². The number of nitrogens with one attached hydrogen (secondary N) is 1. The molecule has 2 rings (SSSR count). The van der Waals surface area contributed by atoms with Gasteiger partial charge in [-0.15, -0.1) is 0 Å². The normalized spacial score (nSPS) is 38.8. The van der Waals surface area contributed by atoms with Gasteiger partial charge >= 0.3 is 0 Å². The van der Waals surface area contributed by atoms with Gasteiger partial charge in [-0.2, -0.15) is 0 Å². The largest absolute Gasteiger partial charge is 0.313 e. The molecule has 2 aliphatic rings. The molecular formula is C16H31N. The molecule has 1 heteroatoms. The molecule has 1 nitrogen and oxygen atoms in total. The summed E-state index contributed by atoms with van der Waals surface area (Å²) in [5, 5.41) is 3.90. The third-order valence-electron chi connectivity index (χ3n) is 5.65. The van der Waals surface area contributed by atoms with Crippen molar-refractivity contribution in [3.8, 4) is 0 Å². The van der Waals surface area contributed by atoms with Crippen LogP contribution < -0.4 is 5.32 Å². The number of unbranched alkanes of at least 4 members (excludes halogenated alkanes) is 3. The quantitative estimate of drug-likeness (QED) is 0.676. The lowest BCUT2D eigenvalue weighted by atomic mass is 9.68. The second-order valence-electron chi connectivity index (χ2n) is 7.36. The summed E-state index contributed by atoms with van der Waals surface area (Å²) in [6, 6.07) is 0.760. The summed E-state index contributed by atoms with van der Waals surface area (Å²) in [5.41, 5.74) is 1.12. The van der Waals surface area contributed by atoms with Crippen molar-refractivity contribution < 1.29 is 0 Å². The van der Waals surface area contributed by atoms with Crippen molar-refractivity contribution in [2.24, 2.45) is 16.7 Å². The highest BCUT2D eigenvalue weighted by Crippen LogP contribution is 2.62. The molecule has 0 spiro atoms. The van der Waals surface area contributed by atoms with Gasteiger partial charge in [-0.3, -0.25) is 0 Å². The maximum absolute atomic E-state index is 3.90. The third-order valence-corrected chi connectivity index (χ3v) is 5.65. The molecule has 2 bridgehead atoms. The first kappa shape index (κ1) is 13.4. The van der Waals surface area contributed by atoms with E-state index in [0.29, 0.717) is 10.8 Å². The van der Waals surface area contributed by atoms with E-state index in [1.165, 1.54) is 51.5 Å². The fourth-order valence-electron chi connectivity index (χ4n) is 4.61. The van der Waals surface area contributed by atoms with E-state index in [9.17, 15) is 0 Å². The second kappa shape index (κ2) is 4.91. The van der Waals surface area contributed by atoms with Gasteiger partial charge in [0.25, 0.3) is 0 Å². The minimum atomic E-state index is 0.526. The highest BCUT2D eigenvalue weighted by Gasteiger charge is 2.58. The average Bonchev–Trinajstić information content (AvgIpc) is 2.73. The number of hydrogen-bond acceptors (Lipinski definition) is 1. The summed E-state index contributed by atoms with van der Waals surface area (Å²) in [4.78, 5) is 0. The van der Waals surface area contributed by atoms with Crippen LogP contribution in [0.5, 0.6) is 0 Å². The van der Waals surface area contributed by atoms with Crippen LogP contribution in [-0.4, -0.2) is 12.6 Å². The Bertz CT molecular complexity index is 253. The molecule has 0 radical (unpaired) electrons. The van der Waals surface area contributed by atoms with Gasteiger partial charge in [-0.1, -0.05) is 47.0 Å². The van der Waals surface area contributed by atoms with E-state index in [-0.39, 0.29) is 0 Å². The lowest BCUT2D eigenvalue weighted by molar-refractivity contribution is 0.109. The van der Waals surface area contributed by atoms with E-state index in [2.05, 4.69) is 33.0 Å². The third kappa shape index (κ3) is 2.41. The van der Waals surface area contributed by atoms with Crippen LogP contribution in [0.4, 0.5) is 0 Å². The molecule has 0 heterocycles. The zero-order valence-electron chi connectivity index (χ0n) is 12.3. The van der Waals surface area contributed by atoms with Gasteiger partial charge in [-0.25, -0.2) is 0 Å². The summed E-state index contributed by atoms with van der Waals surface area (Å²) in [6.45, 7) is 11.0.